The van der Waals surface area contributed by atoms with Crippen LogP contribution < -0.4 is 10.5 Å². The van der Waals surface area contributed by atoms with E-state index in [0.717, 1.165) is 24.2 Å². The van der Waals surface area contributed by atoms with Gasteiger partial charge in [-0.2, -0.15) is 0 Å². The monoisotopic (exact) mass is 324 g/mol. The number of benzene rings is 2. The zero-order chi connectivity index (χ0) is 16.9. The highest BCUT2D eigenvalue weighted by molar-refractivity contribution is 6.69. The Balaban J connectivity index is 1.83. The van der Waals surface area contributed by atoms with Gasteiger partial charge in [-0.1, -0.05) is 56.9 Å². The molecule has 0 bridgehead atoms. The molecular formula is C19H25BN2O2. The third kappa shape index (κ3) is 3.50. The molecule has 0 amide bonds. The summed E-state index contributed by atoms with van der Waals surface area (Å²) in [4.78, 5) is 11.9. The summed E-state index contributed by atoms with van der Waals surface area (Å²) in [5.74, 6) is 0.0600. The molecule has 1 heterocycles. The van der Waals surface area contributed by atoms with Crippen LogP contribution in [0, 0.1) is 0 Å². The first kappa shape index (κ1) is 16.7. The topological polar surface area (TPSA) is 50.4 Å². The van der Waals surface area contributed by atoms with E-state index in [-0.39, 0.29) is 18.8 Å². The molecule has 1 aliphatic rings. The fourth-order valence-electron chi connectivity index (χ4n) is 3.53. The third-order valence-corrected chi connectivity index (χ3v) is 4.83. The number of ether oxygens (including phenoxy) is 1. The minimum absolute atomic E-state index is 0.0430. The molecule has 5 heteroatoms. The first-order chi connectivity index (χ1) is 11.7. The maximum Gasteiger partial charge on any atom is 0.374 e. The van der Waals surface area contributed by atoms with Gasteiger partial charge in [-0.25, -0.2) is 0 Å². The minimum Gasteiger partial charge on any atom is -0.469 e. The van der Waals surface area contributed by atoms with Gasteiger partial charge in [-0.15, -0.1) is 0 Å². The highest BCUT2D eigenvalue weighted by Crippen LogP contribution is 2.37. The number of hydrogen-bond acceptors (Lipinski definition) is 4. The fraction of sp³-hybridized carbons (Fsp3) is 0.421. The van der Waals surface area contributed by atoms with Crippen LogP contribution in [-0.2, 0) is 9.53 Å². The molecule has 126 valence electrons. The van der Waals surface area contributed by atoms with Crippen molar-refractivity contribution in [3.8, 4) is 0 Å². The van der Waals surface area contributed by atoms with E-state index in [1.807, 2.05) is 0 Å². The molecule has 2 N–H and O–H groups in total. The normalized spacial score (nSPS) is 14.0. The molecule has 0 saturated carbocycles. The van der Waals surface area contributed by atoms with Crippen molar-refractivity contribution >= 4 is 35.1 Å². The minimum atomic E-state index is -0.142. The van der Waals surface area contributed by atoms with E-state index in [1.54, 1.807) is 0 Å². The summed E-state index contributed by atoms with van der Waals surface area (Å²) in [5, 5.41) is 9.64. The van der Waals surface area contributed by atoms with Gasteiger partial charge in [0.25, 0.3) is 0 Å². The number of carbonyl (C=O) groups excluding carboxylic acids is 1. The van der Waals surface area contributed by atoms with Crippen molar-refractivity contribution in [2.24, 2.45) is 0 Å². The van der Waals surface area contributed by atoms with Crippen LogP contribution in [0.3, 0.4) is 0 Å². The van der Waals surface area contributed by atoms with E-state index in [9.17, 15) is 4.79 Å². The van der Waals surface area contributed by atoms with Crippen LogP contribution in [0.1, 0.15) is 39.0 Å². The Hall–Kier alpha value is -2.17. The van der Waals surface area contributed by atoms with Gasteiger partial charge in [0, 0.05) is 23.2 Å². The van der Waals surface area contributed by atoms with Crippen LogP contribution in [-0.4, -0.2) is 20.1 Å². The maximum atomic E-state index is 11.9. The lowest BCUT2D eigenvalue weighted by molar-refractivity contribution is -0.140. The van der Waals surface area contributed by atoms with Crippen LogP contribution in [0.25, 0.3) is 10.8 Å². The standard InChI is InChI=1S/C19H25BN2O2/c1-3-4-5-10-15(13-18(23)24-2)20-21-16-11-6-8-14-9-7-12-17(22-20)19(14)16/h6-9,11-12,15,21-22H,3-5,10,13H2,1-2H3/t15-/m1/s1. The number of nitrogens with one attached hydrogen (secondary N) is 2. The summed E-state index contributed by atoms with van der Waals surface area (Å²) in [6.45, 7) is 2.24. The molecule has 4 nitrogen and oxygen atoms in total. The number of methoxy groups -OCH3 is 1. The number of hydrogen-bond donors (Lipinski definition) is 2. The quantitative estimate of drug-likeness (QED) is 0.441. The largest absolute Gasteiger partial charge is 0.469 e. The van der Waals surface area contributed by atoms with Crippen molar-refractivity contribution in [1.82, 2.24) is 0 Å². The van der Waals surface area contributed by atoms with Crippen molar-refractivity contribution in [1.29, 1.82) is 0 Å². The van der Waals surface area contributed by atoms with Gasteiger partial charge in [0.15, 0.2) is 0 Å². The van der Waals surface area contributed by atoms with Gasteiger partial charge in [-0.05, 0) is 23.3 Å². The van der Waals surface area contributed by atoms with Crippen molar-refractivity contribution < 1.29 is 9.53 Å². The Morgan fingerprint density at radius 3 is 2.38 bits per heavy atom. The molecule has 24 heavy (non-hydrogen) atoms. The van der Waals surface area contributed by atoms with Crippen molar-refractivity contribution in [2.75, 3.05) is 17.6 Å². The molecule has 0 aliphatic carbocycles. The summed E-state index contributed by atoms with van der Waals surface area (Å²) in [7, 11) is 1.46. The smallest absolute Gasteiger partial charge is 0.374 e. The third-order valence-electron chi connectivity index (χ3n) is 4.83. The first-order valence-electron chi connectivity index (χ1n) is 8.84. The SMILES string of the molecule is CCCCC[C@H](CC(=O)OC)B1Nc2cccc3cccc(c23)N1. The van der Waals surface area contributed by atoms with Gasteiger partial charge < -0.3 is 15.2 Å². The van der Waals surface area contributed by atoms with Gasteiger partial charge in [0.1, 0.15) is 0 Å². The van der Waals surface area contributed by atoms with Gasteiger partial charge in [-0.3, -0.25) is 4.79 Å². The Morgan fingerprint density at radius 2 is 1.79 bits per heavy atom. The van der Waals surface area contributed by atoms with Crippen LogP contribution in [0.5, 0.6) is 0 Å². The average molecular weight is 324 g/mol. The summed E-state index contributed by atoms with van der Waals surface area (Å²) >= 11 is 0. The molecule has 3 rings (SSSR count). The summed E-state index contributed by atoms with van der Waals surface area (Å²) in [6.07, 6.45) is 4.94. The molecule has 0 aromatic heterocycles. The molecule has 1 atom stereocenters. The Labute approximate surface area is 144 Å². The lowest BCUT2D eigenvalue weighted by Crippen LogP contribution is -2.42. The average Bonchev–Trinajstić information content (AvgIpc) is 2.61. The molecule has 2 aromatic carbocycles. The second-order valence-corrected chi connectivity index (χ2v) is 6.51. The molecule has 0 spiro atoms. The van der Waals surface area contributed by atoms with E-state index < -0.39 is 0 Å². The predicted molar refractivity (Wildman–Crippen MR) is 101 cm³/mol. The van der Waals surface area contributed by atoms with E-state index >= 15 is 0 Å². The van der Waals surface area contributed by atoms with E-state index in [1.165, 1.54) is 30.7 Å². The molecule has 0 radical (unpaired) electrons. The highest BCUT2D eigenvalue weighted by atomic mass is 16.5. The molecule has 2 aromatic rings. The molecule has 0 fully saturated rings. The lowest BCUT2D eigenvalue weighted by atomic mass is 9.57. The number of carbonyl (C=O) groups is 1. The molecule has 0 unspecified atom stereocenters. The zero-order valence-corrected chi connectivity index (χ0v) is 14.5. The van der Waals surface area contributed by atoms with Crippen molar-refractivity contribution in [3.63, 3.8) is 0 Å². The Kier molecular flexibility index (Phi) is 5.29. The second kappa shape index (κ2) is 7.60. The van der Waals surface area contributed by atoms with Crippen LogP contribution in [0.15, 0.2) is 36.4 Å². The number of unbranched alkanes of at least 4 members (excludes halogenated alkanes) is 2. The fourth-order valence-corrected chi connectivity index (χ4v) is 3.53. The van der Waals surface area contributed by atoms with Crippen LogP contribution in [0.4, 0.5) is 11.4 Å². The first-order valence-corrected chi connectivity index (χ1v) is 8.84. The molecular weight excluding hydrogens is 299 g/mol. The van der Waals surface area contributed by atoms with Crippen LogP contribution in [0.2, 0.25) is 5.82 Å². The Morgan fingerprint density at radius 1 is 1.12 bits per heavy atom. The van der Waals surface area contributed by atoms with Gasteiger partial charge >= 0.3 is 13.0 Å². The highest BCUT2D eigenvalue weighted by Gasteiger charge is 2.33. The molecule has 0 saturated heterocycles. The van der Waals surface area contributed by atoms with Gasteiger partial charge in [0.05, 0.1) is 7.11 Å². The molecule has 1 aliphatic heterocycles. The maximum absolute atomic E-state index is 11.9. The van der Waals surface area contributed by atoms with Crippen LogP contribution >= 0.6 is 0 Å². The van der Waals surface area contributed by atoms with Crippen molar-refractivity contribution in [3.05, 3.63) is 36.4 Å². The van der Waals surface area contributed by atoms with E-state index in [2.05, 4.69) is 53.8 Å². The number of rotatable bonds is 7. The number of esters is 1. The summed E-state index contributed by atoms with van der Waals surface area (Å²) < 4.78 is 4.91. The van der Waals surface area contributed by atoms with E-state index in [0.29, 0.717) is 6.42 Å². The number of anilines is 2. The van der Waals surface area contributed by atoms with Crippen molar-refractivity contribution in [2.45, 2.75) is 44.8 Å². The predicted octanol–water partition coefficient (Wildman–Crippen LogP) is 4.68. The summed E-state index contributed by atoms with van der Waals surface area (Å²) in [6, 6.07) is 12.6. The lowest BCUT2D eigenvalue weighted by Gasteiger charge is -2.31. The van der Waals surface area contributed by atoms with E-state index in [4.69, 9.17) is 4.74 Å². The Bertz CT molecular complexity index is 679. The zero-order valence-electron chi connectivity index (χ0n) is 14.5. The second-order valence-electron chi connectivity index (χ2n) is 6.51. The summed E-state index contributed by atoms with van der Waals surface area (Å²) in [5.41, 5.74) is 2.27. The van der Waals surface area contributed by atoms with Gasteiger partial charge in [0.2, 0.25) is 0 Å².